The van der Waals surface area contributed by atoms with Crippen molar-refractivity contribution in [3.05, 3.63) is 58.6 Å². The first-order valence-electron chi connectivity index (χ1n) is 7.54. The van der Waals surface area contributed by atoms with Crippen LogP contribution in [0.2, 0.25) is 5.02 Å². The van der Waals surface area contributed by atoms with Gasteiger partial charge in [0.25, 0.3) is 0 Å². The van der Waals surface area contributed by atoms with E-state index >= 15 is 0 Å². The number of thiocarbonyl (C=S) groups is 1. The van der Waals surface area contributed by atoms with E-state index in [1.54, 1.807) is 25.3 Å². The number of carbonyl (C=O) groups is 1. The zero-order valence-corrected chi connectivity index (χ0v) is 15.7. The van der Waals surface area contributed by atoms with Gasteiger partial charge in [-0.3, -0.25) is 0 Å². The van der Waals surface area contributed by atoms with Crippen LogP contribution in [0.5, 0.6) is 5.75 Å². The maximum atomic E-state index is 11.7. The van der Waals surface area contributed by atoms with Gasteiger partial charge in [-0.2, -0.15) is 0 Å². The van der Waals surface area contributed by atoms with E-state index in [-0.39, 0.29) is 11.6 Å². The third kappa shape index (κ3) is 5.08. The summed E-state index contributed by atoms with van der Waals surface area (Å²) in [6.45, 7) is 2.00. The third-order valence-corrected chi connectivity index (χ3v) is 4.14. The number of carbonyl (C=O) groups excluding carboxylic acids is 1. The minimum atomic E-state index is -0.501. The average molecular weight is 379 g/mol. The number of anilines is 1. The minimum Gasteiger partial charge on any atom is -0.497 e. The van der Waals surface area contributed by atoms with Crippen molar-refractivity contribution in [1.82, 2.24) is 5.32 Å². The summed E-state index contributed by atoms with van der Waals surface area (Å²) in [5, 5.41) is 6.98. The molecular weight excluding hydrogens is 360 g/mol. The number of hydrogen-bond donors (Lipinski definition) is 2. The van der Waals surface area contributed by atoms with Gasteiger partial charge in [-0.05, 0) is 55.0 Å². The van der Waals surface area contributed by atoms with Gasteiger partial charge in [-0.25, -0.2) is 4.79 Å². The molecule has 0 aliphatic heterocycles. The van der Waals surface area contributed by atoms with E-state index in [1.165, 1.54) is 7.11 Å². The molecule has 5 nitrogen and oxygen atoms in total. The Balaban J connectivity index is 2.03. The summed E-state index contributed by atoms with van der Waals surface area (Å²) in [5.74, 6) is 0.298. The fraction of sp³-hybridized carbons (Fsp3) is 0.222. The van der Waals surface area contributed by atoms with Gasteiger partial charge in [-0.1, -0.05) is 23.7 Å². The summed E-state index contributed by atoms with van der Waals surface area (Å²) in [5.41, 5.74) is 1.99. The topological polar surface area (TPSA) is 59.6 Å². The Morgan fingerprint density at radius 1 is 1.16 bits per heavy atom. The predicted molar refractivity (Wildman–Crippen MR) is 104 cm³/mol. The van der Waals surface area contributed by atoms with E-state index in [9.17, 15) is 4.79 Å². The summed E-state index contributed by atoms with van der Waals surface area (Å²) in [6.07, 6.45) is 0. The minimum absolute atomic E-state index is 0.00159. The lowest BCUT2D eigenvalue weighted by atomic mass is 10.1. The van der Waals surface area contributed by atoms with Gasteiger partial charge in [0.15, 0.2) is 5.11 Å². The summed E-state index contributed by atoms with van der Waals surface area (Å²) in [7, 11) is 2.94. The number of benzene rings is 2. The maximum Gasteiger partial charge on any atom is 0.339 e. The van der Waals surface area contributed by atoms with Gasteiger partial charge in [0.05, 0.1) is 30.8 Å². The molecule has 0 saturated carbocycles. The van der Waals surface area contributed by atoms with Gasteiger partial charge in [0.1, 0.15) is 5.75 Å². The number of nitrogens with one attached hydrogen (secondary N) is 2. The predicted octanol–water partition coefficient (Wildman–Crippen LogP) is 4.18. The Kier molecular flexibility index (Phi) is 6.61. The van der Waals surface area contributed by atoms with Crippen LogP contribution in [0.15, 0.2) is 42.5 Å². The third-order valence-electron chi connectivity index (χ3n) is 3.59. The van der Waals surface area contributed by atoms with Gasteiger partial charge in [0.2, 0.25) is 0 Å². The molecule has 2 aromatic carbocycles. The highest BCUT2D eigenvalue weighted by Crippen LogP contribution is 2.22. The number of halogens is 1. The number of hydrogen-bond acceptors (Lipinski definition) is 4. The molecule has 2 rings (SSSR count). The molecule has 0 unspecified atom stereocenters. The fourth-order valence-corrected chi connectivity index (χ4v) is 2.70. The molecule has 0 amide bonds. The molecule has 0 saturated heterocycles. The molecule has 0 spiro atoms. The molecule has 132 valence electrons. The van der Waals surface area contributed by atoms with Crippen LogP contribution in [0.1, 0.15) is 28.9 Å². The highest BCUT2D eigenvalue weighted by molar-refractivity contribution is 7.80. The van der Waals surface area contributed by atoms with Crippen molar-refractivity contribution in [2.24, 2.45) is 0 Å². The summed E-state index contributed by atoms with van der Waals surface area (Å²) >= 11 is 11.3. The van der Waals surface area contributed by atoms with Crippen LogP contribution in [-0.4, -0.2) is 25.3 Å². The van der Waals surface area contributed by atoms with E-state index < -0.39 is 5.97 Å². The summed E-state index contributed by atoms with van der Waals surface area (Å²) < 4.78 is 9.86. The molecule has 0 aliphatic rings. The van der Waals surface area contributed by atoms with Crippen molar-refractivity contribution in [1.29, 1.82) is 0 Å². The van der Waals surface area contributed by atoms with E-state index in [0.29, 0.717) is 15.8 Å². The highest BCUT2D eigenvalue weighted by Gasteiger charge is 2.13. The lowest BCUT2D eigenvalue weighted by molar-refractivity contribution is 0.0601. The summed E-state index contributed by atoms with van der Waals surface area (Å²) in [4.78, 5) is 11.7. The van der Waals surface area contributed by atoms with Crippen LogP contribution < -0.4 is 15.4 Å². The van der Waals surface area contributed by atoms with Crippen LogP contribution in [0, 0.1) is 0 Å². The number of ether oxygens (including phenoxy) is 2. The molecule has 0 fully saturated rings. The number of esters is 1. The molecular formula is C18H19ClN2O3S. The van der Waals surface area contributed by atoms with Crippen LogP contribution in [-0.2, 0) is 4.74 Å². The standard InChI is InChI=1S/C18H19ClN2O3S/c1-11(12-4-7-14(23-2)8-5-12)20-18(25)21-13-6-9-16(19)15(10-13)17(22)24-3/h4-11H,1-3H3,(H2,20,21,25)/t11-/m1/s1. The van der Waals surface area contributed by atoms with Crippen molar-refractivity contribution >= 4 is 40.6 Å². The highest BCUT2D eigenvalue weighted by atomic mass is 35.5. The van der Waals surface area contributed by atoms with Crippen molar-refractivity contribution in [2.45, 2.75) is 13.0 Å². The summed E-state index contributed by atoms with van der Waals surface area (Å²) in [6, 6.07) is 12.7. The molecule has 0 radical (unpaired) electrons. The van der Waals surface area contributed by atoms with E-state index in [4.69, 9.17) is 33.3 Å². The van der Waals surface area contributed by atoms with Gasteiger partial charge >= 0.3 is 5.97 Å². The second-order valence-electron chi connectivity index (χ2n) is 5.28. The van der Waals surface area contributed by atoms with Gasteiger partial charge in [0, 0.05) is 5.69 Å². The first-order chi connectivity index (χ1) is 11.9. The fourth-order valence-electron chi connectivity index (χ4n) is 2.21. The van der Waals surface area contributed by atoms with Crippen molar-refractivity contribution < 1.29 is 14.3 Å². The zero-order chi connectivity index (χ0) is 18.4. The quantitative estimate of drug-likeness (QED) is 0.601. The molecule has 7 heteroatoms. The Labute approximate surface area is 157 Å². The molecule has 25 heavy (non-hydrogen) atoms. The Morgan fingerprint density at radius 3 is 2.44 bits per heavy atom. The normalized spacial score (nSPS) is 11.4. The second-order valence-corrected chi connectivity index (χ2v) is 6.09. The van der Waals surface area contributed by atoms with Gasteiger partial charge < -0.3 is 20.1 Å². The van der Waals surface area contributed by atoms with E-state index in [2.05, 4.69) is 10.6 Å². The first kappa shape index (κ1) is 19.0. The Bertz CT molecular complexity index is 765. The second kappa shape index (κ2) is 8.69. The monoisotopic (exact) mass is 378 g/mol. The smallest absolute Gasteiger partial charge is 0.339 e. The van der Waals surface area contributed by atoms with E-state index in [1.807, 2.05) is 31.2 Å². The molecule has 0 aromatic heterocycles. The molecule has 2 aromatic rings. The lowest BCUT2D eigenvalue weighted by Crippen LogP contribution is -2.30. The molecule has 0 bridgehead atoms. The van der Waals surface area contributed by atoms with Crippen LogP contribution in [0.3, 0.4) is 0 Å². The Morgan fingerprint density at radius 2 is 1.84 bits per heavy atom. The number of rotatable bonds is 5. The maximum absolute atomic E-state index is 11.7. The molecule has 0 heterocycles. The zero-order valence-electron chi connectivity index (χ0n) is 14.1. The molecule has 1 atom stereocenters. The lowest BCUT2D eigenvalue weighted by Gasteiger charge is -2.18. The van der Waals surface area contributed by atoms with Crippen LogP contribution in [0.25, 0.3) is 0 Å². The van der Waals surface area contributed by atoms with E-state index in [0.717, 1.165) is 11.3 Å². The van der Waals surface area contributed by atoms with Crippen molar-refractivity contribution in [2.75, 3.05) is 19.5 Å². The number of methoxy groups -OCH3 is 2. The first-order valence-corrected chi connectivity index (χ1v) is 8.32. The van der Waals surface area contributed by atoms with Crippen LogP contribution in [0.4, 0.5) is 5.69 Å². The molecule has 2 N–H and O–H groups in total. The van der Waals surface area contributed by atoms with Gasteiger partial charge in [-0.15, -0.1) is 0 Å². The average Bonchev–Trinajstić information content (AvgIpc) is 2.62. The van der Waals surface area contributed by atoms with Crippen molar-refractivity contribution in [3.8, 4) is 5.75 Å². The Hall–Kier alpha value is -2.31. The molecule has 0 aliphatic carbocycles. The van der Waals surface area contributed by atoms with Crippen molar-refractivity contribution in [3.63, 3.8) is 0 Å². The van der Waals surface area contributed by atoms with Crippen LogP contribution >= 0.6 is 23.8 Å². The largest absolute Gasteiger partial charge is 0.497 e. The SMILES string of the molecule is COC(=O)c1cc(NC(=S)N[C@H](C)c2ccc(OC)cc2)ccc1Cl.